The summed E-state index contributed by atoms with van der Waals surface area (Å²) in [7, 11) is 0. The standard InChI is InChI=1S/C14H18N4O2/c1-14(2,3)20-13(19)16-12-10-7-5-4-6-9(10)8-11(12)17-18-15/h4-7,11-12H,8H2,1-3H3,(H,16,19). The summed E-state index contributed by atoms with van der Waals surface area (Å²) in [6, 6.07) is 7.10. The molecule has 0 fully saturated rings. The van der Waals surface area contributed by atoms with Crippen molar-refractivity contribution in [3.8, 4) is 0 Å². The lowest BCUT2D eigenvalue weighted by molar-refractivity contribution is 0.0499. The second kappa shape index (κ2) is 5.43. The fourth-order valence-electron chi connectivity index (χ4n) is 2.36. The van der Waals surface area contributed by atoms with Gasteiger partial charge in [-0.3, -0.25) is 0 Å². The Morgan fingerprint density at radius 3 is 2.80 bits per heavy atom. The molecule has 20 heavy (non-hydrogen) atoms. The number of benzene rings is 1. The Hall–Kier alpha value is -2.20. The summed E-state index contributed by atoms with van der Waals surface area (Å²) in [5, 5.41) is 6.58. The number of alkyl carbamates (subject to hydrolysis) is 1. The first-order chi connectivity index (χ1) is 9.40. The van der Waals surface area contributed by atoms with Crippen molar-refractivity contribution in [2.75, 3.05) is 0 Å². The minimum absolute atomic E-state index is 0.315. The summed E-state index contributed by atoms with van der Waals surface area (Å²) < 4.78 is 5.26. The Morgan fingerprint density at radius 1 is 1.45 bits per heavy atom. The second-order valence-electron chi connectivity index (χ2n) is 5.80. The third kappa shape index (κ3) is 3.22. The summed E-state index contributed by atoms with van der Waals surface area (Å²) in [4.78, 5) is 14.8. The van der Waals surface area contributed by atoms with Crippen LogP contribution in [0.25, 0.3) is 10.4 Å². The van der Waals surface area contributed by atoms with E-state index in [-0.39, 0.29) is 12.1 Å². The van der Waals surface area contributed by atoms with Gasteiger partial charge in [0.25, 0.3) is 0 Å². The molecule has 0 saturated carbocycles. The van der Waals surface area contributed by atoms with Crippen molar-refractivity contribution in [1.29, 1.82) is 0 Å². The number of rotatable bonds is 2. The number of fused-ring (bicyclic) bond motifs is 1. The van der Waals surface area contributed by atoms with E-state index in [2.05, 4.69) is 15.3 Å². The van der Waals surface area contributed by atoms with Gasteiger partial charge in [-0.05, 0) is 43.9 Å². The van der Waals surface area contributed by atoms with Crippen LogP contribution in [0.3, 0.4) is 0 Å². The van der Waals surface area contributed by atoms with Crippen molar-refractivity contribution >= 4 is 6.09 Å². The van der Waals surface area contributed by atoms with Crippen LogP contribution in [0.1, 0.15) is 37.9 Å². The number of azide groups is 1. The maximum absolute atomic E-state index is 11.9. The van der Waals surface area contributed by atoms with E-state index in [4.69, 9.17) is 10.3 Å². The van der Waals surface area contributed by atoms with Gasteiger partial charge in [-0.15, -0.1) is 0 Å². The molecule has 0 spiro atoms. The minimum atomic E-state index is -0.559. The van der Waals surface area contributed by atoms with Gasteiger partial charge in [0.2, 0.25) is 0 Å². The predicted octanol–water partition coefficient (Wildman–Crippen LogP) is 3.49. The normalized spacial score (nSPS) is 20.8. The predicted molar refractivity (Wildman–Crippen MR) is 75.2 cm³/mol. The minimum Gasteiger partial charge on any atom is -0.444 e. The van der Waals surface area contributed by atoms with E-state index in [0.29, 0.717) is 6.42 Å². The number of carbonyl (C=O) groups excluding carboxylic acids is 1. The Labute approximate surface area is 117 Å². The lowest BCUT2D eigenvalue weighted by Gasteiger charge is -2.23. The molecule has 1 N–H and O–H groups in total. The van der Waals surface area contributed by atoms with Crippen molar-refractivity contribution < 1.29 is 9.53 Å². The molecule has 1 aromatic carbocycles. The van der Waals surface area contributed by atoms with Crippen LogP contribution in [0, 0.1) is 0 Å². The van der Waals surface area contributed by atoms with Crippen LogP contribution in [0.2, 0.25) is 0 Å². The zero-order valence-electron chi connectivity index (χ0n) is 11.8. The summed E-state index contributed by atoms with van der Waals surface area (Å²) in [5.41, 5.74) is 10.2. The van der Waals surface area contributed by atoms with E-state index in [1.54, 1.807) is 20.8 Å². The number of carbonyl (C=O) groups is 1. The summed E-state index contributed by atoms with van der Waals surface area (Å²) in [6.07, 6.45) is 0.123. The molecule has 6 heteroatoms. The first-order valence-corrected chi connectivity index (χ1v) is 6.52. The van der Waals surface area contributed by atoms with Crippen LogP contribution >= 0.6 is 0 Å². The fourth-order valence-corrected chi connectivity index (χ4v) is 2.36. The Bertz CT molecular complexity index is 559. The molecule has 2 unspecified atom stereocenters. The molecule has 1 aromatic rings. The molecule has 0 bridgehead atoms. The molecule has 0 heterocycles. The summed E-state index contributed by atoms with van der Waals surface area (Å²) >= 11 is 0. The molecular formula is C14H18N4O2. The van der Waals surface area contributed by atoms with Gasteiger partial charge >= 0.3 is 6.09 Å². The molecule has 0 aliphatic heterocycles. The first-order valence-electron chi connectivity index (χ1n) is 6.52. The number of ether oxygens (including phenoxy) is 1. The van der Waals surface area contributed by atoms with E-state index >= 15 is 0 Å². The fraction of sp³-hybridized carbons (Fsp3) is 0.500. The van der Waals surface area contributed by atoms with Gasteiger partial charge < -0.3 is 10.1 Å². The number of hydrogen-bond acceptors (Lipinski definition) is 3. The molecule has 0 saturated heterocycles. The Balaban J connectivity index is 2.19. The zero-order valence-corrected chi connectivity index (χ0v) is 11.8. The Morgan fingerprint density at radius 2 is 2.15 bits per heavy atom. The van der Waals surface area contributed by atoms with Crippen molar-refractivity contribution in [2.24, 2.45) is 5.11 Å². The van der Waals surface area contributed by atoms with E-state index in [1.807, 2.05) is 24.3 Å². The largest absolute Gasteiger partial charge is 0.444 e. The van der Waals surface area contributed by atoms with E-state index in [1.165, 1.54) is 0 Å². The molecule has 0 radical (unpaired) electrons. The van der Waals surface area contributed by atoms with Crippen LogP contribution in [0.4, 0.5) is 4.79 Å². The van der Waals surface area contributed by atoms with E-state index in [0.717, 1.165) is 11.1 Å². The average molecular weight is 274 g/mol. The molecule has 1 aliphatic rings. The highest BCUT2D eigenvalue weighted by Crippen LogP contribution is 2.33. The monoisotopic (exact) mass is 274 g/mol. The molecule has 106 valence electrons. The second-order valence-corrected chi connectivity index (χ2v) is 5.80. The third-order valence-corrected chi connectivity index (χ3v) is 3.08. The maximum atomic E-state index is 11.9. The van der Waals surface area contributed by atoms with Crippen molar-refractivity contribution in [2.45, 2.75) is 44.9 Å². The van der Waals surface area contributed by atoms with Crippen LogP contribution in [0.15, 0.2) is 29.4 Å². The molecule has 6 nitrogen and oxygen atoms in total. The molecule has 1 amide bonds. The number of amides is 1. The molecule has 2 rings (SSSR count). The average Bonchev–Trinajstić information content (AvgIpc) is 2.66. The lowest BCUT2D eigenvalue weighted by atomic mass is 10.1. The number of nitrogens with one attached hydrogen (secondary N) is 1. The molecule has 0 aromatic heterocycles. The Kier molecular flexibility index (Phi) is 3.86. The molecule has 1 aliphatic carbocycles. The van der Waals surface area contributed by atoms with E-state index < -0.39 is 11.7 Å². The molecule has 2 atom stereocenters. The van der Waals surface area contributed by atoms with Crippen molar-refractivity contribution in [1.82, 2.24) is 5.32 Å². The van der Waals surface area contributed by atoms with Gasteiger partial charge in [0.1, 0.15) is 5.60 Å². The maximum Gasteiger partial charge on any atom is 0.408 e. The van der Waals surface area contributed by atoms with Crippen LogP contribution < -0.4 is 5.32 Å². The van der Waals surface area contributed by atoms with Gasteiger partial charge in [-0.25, -0.2) is 4.79 Å². The van der Waals surface area contributed by atoms with Gasteiger partial charge in [0.05, 0.1) is 12.1 Å². The first kappa shape index (κ1) is 14.2. The topological polar surface area (TPSA) is 87.1 Å². The highest BCUT2D eigenvalue weighted by molar-refractivity contribution is 5.69. The molecular weight excluding hydrogens is 256 g/mol. The lowest BCUT2D eigenvalue weighted by Crippen LogP contribution is -2.37. The van der Waals surface area contributed by atoms with Crippen LogP contribution in [-0.2, 0) is 11.2 Å². The smallest absolute Gasteiger partial charge is 0.408 e. The van der Waals surface area contributed by atoms with Gasteiger partial charge in [-0.1, -0.05) is 29.4 Å². The zero-order chi connectivity index (χ0) is 14.8. The van der Waals surface area contributed by atoms with Crippen molar-refractivity contribution in [3.63, 3.8) is 0 Å². The van der Waals surface area contributed by atoms with Crippen molar-refractivity contribution in [3.05, 3.63) is 45.8 Å². The van der Waals surface area contributed by atoms with Gasteiger partial charge in [-0.2, -0.15) is 0 Å². The highest BCUT2D eigenvalue weighted by Gasteiger charge is 2.33. The quantitative estimate of drug-likeness (QED) is 0.508. The highest BCUT2D eigenvalue weighted by atomic mass is 16.6. The summed E-state index contributed by atoms with van der Waals surface area (Å²) in [6.45, 7) is 5.42. The van der Waals surface area contributed by atoms with E-state index in [9.17, 15) is 4.79 Å². The van der Waals surface area contributed by atoms with Crippen LogP contribution in [0.5, 0.6) is 0 Å². The number of hydrogen-bond donors (Lipinski definition) is 1. The van der Waals surface area contributed by atoms with Gasteiger partial charge in [0.15, 0.2) is 0 Å². The van der Waals surface area contributed by atoms with Gasteiger partial charge in [0, 0.05) is 4.91 Å². The summed E-state index contributed by atoms with van der Waals surface area (Å²) in [5.74, 6) is 0. The SMILES string of the molecule is CC(C)(C)OC(=O)NC1c2ccccc2CC1N=[N+]=[N-]. The van der Waals surface area contributed by atoms with Crippen LogP contribution in [-0.4, -0.2) is 17.7 Å². The third-order valence-electron chi connectivity index (χ3n) is 3.08. The number of nitrogens with zero attached hydrogens (tertiary/aromatic N) is 3.